The predicted octanol–water partition coefficient (Wildman–Crippen LogP) is 2.81. The number of carbonyl (C=O) groups excluding carboxylic acids is 1. The summed E-state index contributed by atoms with van der Waals surface area (Å²) in [4.78, 5) is 10.7. The molecule has 0 bridgehead atoms. The lowest BCUT2D eigenvalue weighted by Gasteiger charge is -2.35. The zero-order valence-electron chi connectivity index (χ0n) is 8.76. The van der Waals surface area contributed by atoms with Crippen LogP contribution in [0.1, 0.15) is 33.6 Å². The molecular weight excluding hydrogens is 160 g/mol. The molecule has 0 N–H and O–H groups in total. The van der Waals surface area contributed by atoms with Crippen molar-refractivity contribution in [1.82, 2.24) is 0 Å². The van der Waals surface area contributed by atoms with E-state index in [1.807, 2.05) is 0 Å². The molecule has 2 rings (SSSR count). The Morgan fingerprint density at radius 1 is 1.46 bits per heavy atom. The molecule has 0 aromatic carbocycles. The van der Waals surface area contributed by atoms with E-state index < -0.39 is 0 Å². The largest absolute Gasteiger partial charge is 0.298 e. The molecule has 0 unspecified atom stereocenters. The van der Waals surface area contributed by atoms with Crippen LogP contribution in [0, 0.1) is 22.7 Å². The van der Waals surface area contributed by atoms with Crippen molar-refractivity contribution >= 4 is 6.29 Å². The summed E-state index contributed by atoms with van der Waals surface area (Å²) in [5, 5.41) is 0. The molecule has 3 atom stereocenters. The van der Waals surface area contributed by atoms with Gasteiger partial charge in [0.1, 0.15) is 6.29 Å². The van der Waals surface area contributed by atoms with Crippen molar-refractivity contribution in [3.05, 3.63) is 12.2 Å². The van der Waals surface area contributed by atoms with Gasteiger partial charge in [0.2, 0.25) is 0 Å². The smallest absolute Gasteiger partial charge is 0.145 e. The molecule has 0 amide bonds. The molecule has 1 heteroatoms. The van der Waals surface area contributed by atoms with Crippen molar-refractivity contribution in [3.8, 4) is 0 Å². The van der Waals surface area contributed by atoms with Gasteiger partial charge >= 0.3 is 0 Å². The number of allylic oxidation sites excluding steroid dienone is 1. The molecule has 0 heterocycles. The third-order valence-corrected chi connectivity index (χ3v) is 4.87. The van der Waals surface area contributed by atoms with Gasteiger partial charge < -0.3 is 0 Å². The lowest BCUT2D eigenvalue weighted by Crippen LogP contribution is -2.29. The fraction of sp³-hybridized carbons (Fsp3) is 0.750. The van der Waals surface area contributed by atoms with Gasteiger partial charge in [0.15, 0.2) is 0 Å². The first-order valence-corrected chi connectivity index (χ1v) is 5.07. The van der Waals surface area contributed by atoms with Crippen molar-refractivity contribution < 1.29 is 4.79 Å². The number of carbonyl (C=O) groups is 1. The van der Waals surface area contributed by atoms with Crippen molar-refractivity contribution in [2.75, 3.05) is 0 Å². The van der Waals surface area contributed by atoms with E-state index >= 15 is 0 Å². The molecule has 13 heavy (non-hydrogen) atoms. The molecule has 2 aliphatic carbocycles. The Labute approximate surface area is 80.2 Å². The summed E-state index contributed by atoms with van der Waals surface area (Å²) in [7, 11) is 0. The zero-order chi connectivity index (χ0) is 9.85. The van der Waals surface area contributed by atoms with Gasteiger partial charge in [0.05, 0.1) is 0 Å². The molecule has 0 radical (unpaired) electrons. The minimum absolute atomic E-state index is 0.273. The quantitative estimate of drug-likeness (QED) is 0.469. The highest BCUT2D eigenvalue weighted by Gasteiger charge is 2.67. The van der Waals surface area contributed by atoms with Crippen LogP contribution in [0.25, 0.3) is 0 Å². The molecule has 0 spiro atoms. The minimum atomic E-state index is 0.273. The molecular formula is C12H18O. The van der Waals surface area contributed by atoms with E-state index in [4.69, 9.17) is 0 Å². The molecule has 0 saturated heterocycles. The highest BCUT2D eigenvalue weighted by atomic mass is 16.1. The normalized spacial score (nSPS) is 45.5. The Morgan fingerprint density at radius 3 is 2.46 bits per heavy atom. The second kappa shape index (κ2) is 2.26. The number of hydrogen-bond acceptors (Lipinski definition) is 1. The Hall–Kier alpha value is -0.590. The molecule has 2 saturated carbocycles. The van der Waals surface area contributed by atoms with E-state index in [0.717, 1.165) is 17.8 Å². The number of hydrogen-bond donors (Lipinski definition) is 0. The van der Waals surface area contributed by atoms with E-state index in [1.54, 1.807) is 0 Å². The van der Waals surface area contributed by atoms with Gasteiger partial charge in [0, 0.05) is 0 Å². The zero-order valence-corrected chi connectivity index (χ0v) is 8.76. The Balaban J connectivity index is 2.27. The lowest BCUT2D eigenvalue weighted by atomic mass is 9.69. The summed E-state index contributed by atoms with van der Waals surface area (Å²) >= 11 is 0. The lowest BCUT2D eigenvalue weighted by molar-refractivity contribution is -0.105. The molecule has 2 aliphatic rings. The third kappa shape index (κ3) is 0.905. The molecule has 1 nitrogen and oxygen atoms in total. The third-order valence-electron chi connectivity index (χ3n) is 4.87. The number of aldehydes is 1. The van der Waals surface area contributed by atoms with Gasteiger partial charge in [-0.3, -0.25) is 4.79 Å². The summed E-state index contributed by atoms with van der Waals surface area (Å²) in [5.41, 5.74) is 1.57. The molecule has 72 valence electrons. The van der Waals surface area contributed by atoms with Gasteiger partial charge in [0.25, 0.3) is 0 Å². The van der Waals surface area contributed by atoms with E-state index in [1.165, 1.54) is 12.8 Å². The molecule has 0 aliphatic heterocycles. The van der Waals surface area contributed by atoms with Crippen LogP contribution in [0.4, 0.5) is 0 Å². The molecule has 2 fully saturated rings. The van der Waals surface area contributed by atoms with Crippen LogP contribution >= 0.6 is 0 Å². The SMILES string of the molecule is C=C(C=O)[C@H]1C[C@@H]2C[C@]2(C)C1(C)C. The first kappa shape index (κ1) is 8.98. The van der Waals surface area contributed by atoms with Gasteiger partial charge in [-0.05, 0) is 41.1 Å². The monoisotopic (exact) mass is 178 g/mol. The van der Waals surface area contributed by atoms with Crippen molar-refractivity contribution in [1.29, 1.82) is 0 Å². The highest BCUT2D eigenvalue weighted by molar-refractivity contribution is 5.73. The first-order valence-electron chi connectivity index (χ1n) is 5.07. The maximum absolute atomic E-state index is 10.7. The van der Waals surface area contributed by atoms with Crippen LogP contribution in [-0.4, -0.2) is 6.29 Å². The van der Waals surface area contributed by atoms with Crippen LogP contribution in [-0.2, 0) is 4.79 Å². The fourth-order valence-electron chi connectivity index (χ4n) is 3.26. The van der Waals surface area contributed by atoms with E-state index in [2.05, 4.69) is 27.4 Å². The topological polar surface area (TPSA) is 17.1 Å². The molecule has 0 aromatic rings. The van der Waals surface area contributed by atoms with Crippen LogP contribution in [0.15, 0.2) is 12.2 Å². The standard InChI is InChI=1S/C12H18O/c1-8(7-13)10-5-9-6-12(9,4)11(10,2)3/h7,9-10H,1,5-6H2,2-4H3/t9-,10-,12+/m1/s1. The van der Waals surface area contributed by atoms with Crippen LogP contribution < -0.4 is 0 Å². The van der Waals surface area contributed by atoms with Crippen molar-refractivity contribution in [2.45, 2.75) is 33.6 Å². The summed E-state index contributed by atoms with van der Waals surface area (Å²) < 4.78 is 0. The second-order valence-corrected chi connectivity index (χ2v) is 5.52. The van der Waals surface area contributed by atoms with Gasteiger partial charge in [-0.2, -0.15) is 0 Å². The average molecular weight is 178 g/mol. The summed E-state index contributed by atoms with van der Waals surface area (Å²) in [6.45, 7) is 10.8. The van der Waals surface area contributed by atoms with E-state index in [9.17, 15) is 4.79 Å². The summed E-state index contributed by atoms with van der Waals surface area (Å²) in [6.07, 6.45) is 3.48. The Bertz CT molecular complexity index is 277. The second-order valence-electron chi connectivity index (χ2n) is 5.52. The van der Waals surface area contributed by atoms with Gasteiger partial charge in [-0.25, -0.2) is 0 Å². The predicted molar refractivity (Wildman–Crippen MR) is 53.3 cm³/mol. The van der Waals surface area contributed by atoms with Gasteiger partial charge in [-0.15, -0.1) is 0 Å². The fourth-order valence-corrected chi connectivity index (χ4v) is 3.26. The van der Waals surface area contributed by atoms with Crippen LogP contribution in [0.2, 0.25) is 0 Å². The van der Waals surface area contributed by atoms with Crippen LogP contribution in [0.5, 0.6) is 0 Å². The average Bonchev–Trinajstić information content (AvgIpc) is 2.68. The maximum Gasteiger partial charge on any atom is 0.145 e. The molecule has 0 aromatic heterocycles. The minimum Gasteiger partial charge on any atom is -0.298 e. The highest BCUT2D eigenvalue weighted by Crippen LogP contribution is 2.74. The summed E-state index contributed by atoms with van der Waals surface area (Å²) in [5.74, 6) is 1.28. The van der Waals surface area contributed by atoms with Crippen molar-refractivity contribution in [2.24, 2.45) is 22.7 Å². The Morgan fingerprint density at radius 2 is 2.08 bits per heavy atom. The Kier molecular flexibility index (Phi) is 1.56. The number of rotatable bonds is 2. The van der Waals surface area contributed by atoms with Gasteiger partial charge in [-0.1, -0.05) is 27.4 Å². The number of fused-ring (bicyclic) bond motifs is 1. The first-order chi connectivity index (χ1) is 5.93. The maximum atomic E-state index is 10.7. The van der Waals surface area contributed by atoms with E-state index in [-0.39, 0.29) is 5.41 Å². The van der Waals surface area contributed by atoms with E-state index in [0.29, 0.717) is 11.3 Å². The summed E-state index contributed by atoms with van der Waals surface area (Å²) in [6, 6.07) is 0. The van der Waals surface area contributed by atoms with Crippen molar-refractivity contribution in [3.63, 3.8) is 0 Å². The van der Waals surface area contributed by atoms with Crippen LogP contribution in [0.3, 0.4) is 0 Å².